The number of nitrogen functional groups attached to an aromatic ring is 1. The van der Waals surface area contributed by atoms with Gasteiger partial charge in [-0.1, -0.05) is 17.7 Å². The number of halogens is 1. The second kappa shape index (κ2) is 5.13. The molecule has 0 spiro atoms. The summed E-state index contributed by atoms with van der Waals surface area (Å²) in [4.78, 5) is 0. The maximum atomic E-state index is 6.00. The van der Waals surface area contributed by atoms with Crippen molar-refractivity contribution in [3.8, 4) is 17.2 Å². The third-order valence-electron chi connectivity index (χ3n) is 3.13. The van der Waals surface area contributed by atoms with Gasteiger partial charge < -0.3 is 19.9 Å². The van der Waals surface area contributed by atoms with Crippen molar-refractivity contribution < 1.29 is 14.2 Å². The Bertz CT molecular complexity index is 658. The van der Waals surface area contributed by atoms with E-state index >= 15 is 0 Å². The van der Waals surface area contributed by atoms with E-state index in [4.69, 9.17) is 31.5 Å². The van der Waals surface area contributed by atoms with Gasteiger partial charge in [-0.25, -0.2) is 0 Å². The molecule has 3 rings (SSSR count). The van der Waals surface area contributed by atoms with Crippen LogP contribution in [0.5, 0.6) is 17.2 Å². The molecule has 2 aromatic carbocycles. The Morgan fingerprint density at radius 3 is 2.85 bits per heavy atom. The molecule has 0 saturated heterocycles. The summed E-state index contributed by atoms with van der Waals surface area (Å²) in [6, 6.07) is 9.28. The third kappa shape index (κ3) is 2.47. The number of benzene rings is 2. The number of fused-ring (bicyclic) bond motifs is 1. The second-order valence-electron chi connectivity index (χ2n) is 4.62. The van der Waals surface area contributed by atoms with Gasteiger partial charge in [-0.15, -0.1) is 0 Å². The van der Waals surface area contributed by atoms with Crippen LogP contribution in [0.25, 0.3) is 0 Å². The fourth-order valence-electron chi connectivity index (χ4n) is 2.03. The molecule has 2 N–H and O–H groups in total. The zero-order chi connectivity index (χ0) is 14.1. The van der Waals surface area contributed by atoms with Crippen molar-refractivity contribution in [2.45, 2.75) is 13.5 Å². The SMILES string of the molecule is Cc1cc(N)c(Cl)cc1OCc1ccc2c(c1)OCO2. The fourth-order valence-corrected chi connectivity index (χ4v) is 2.19. The summed E-state index contributed by atoms with van der Waals surface area (Å²) in [5.74, 6) is 2.24. The zero-order valence-corrected chi connectivity index (χ0v) is 11.7. The molecule has 0 saturated carbocycles. The van der Waals surface area contributed by atoms with Gasteiger partial charge in [0.15, 0.2) is 11.5 Å². The van der Waals surface area contributed by atoms with Gasteiger partial charge in [0.2, 0.25) is 6.79 Å². The van der Waals surface area contributed by atoms with Gasteiger partial charge in [0, 0.05) is 6.07 Å². The maximum absolute atomic E-state index is 6.00. The average molecular weight is 292 g/mol. The molecule has 0 fully saturated rings. The molecule has 0 amide bonds. The van der Waals surface area contributed by atoms with Gasteiger partial charge in [-0.3, -0.25) is 0 Å². The monoisotopic (exact) mass is 291 g/mol. The quantitative estimate of drug-likeness (QED) is 0.879. The van der Waals surface area contributed by atoms with Crippen LogP contribution in [0.4, 0.5) is 5.69 Å². The lowest BCUT2D eigenvalue weighted by Gasteiger charge is -2.11. The molecule has 0 bridgehead atoms. The van der Waals surface area contributed by atoms with Crippen molar-refractivity contribution in [3.05, 3.63) is 46.5 Å². The second-order valence-corrected chi connectivity index (χ2v) is 5.02. The molecule has 20 heavy (non-hydrogen) atoms. The number of aryl methyl sites for hydroxylation is 1. The van der Waals surface area contributed by atoms with Crippen LogP contribution in [0.3, 0.4) is 0 Å². The molecule has 5 heteroatoms. The highest BCUT2D eigenvalue weighted by Gasteiger charge is 2.13. The molecule has 104 valence electrons. The van der Waals surface area contributed by atoms with Crippen LogP contribution in [-0.2, 0) is 6.61 Å². The molecule has 0 aromatic heterocycles. The topological polar surface area (TPSA) is 53.7 Å². The first-order valence-electron chi connectivity index (χ1n) is 6.20. The zero-order valence-electron chi connectivity index (χ0n) is 11.0. The van der Waals surface area contributed by atoms with Gasteiger partial charge in [0.1, 0.15) is 12.4 Å². The number of rotatable bonds is 3. The summed E-state index contributed by atoms with van der Waals surface area (Å²) in [6.07, 6.45) is 0. The summed E-state index contributed by atoms with van der Waals surface area (Å²) in [5, 5.41) is 0.497. The summed E-state index contributed by atoms with van der Waals surface area (Å²) in [7, 11) is 0. The van der Waals surface area contributed by atoms with E-state index in [9.17, 15) is 0 Å². The molecule has 1 aliphatic heterocycles. The highest BCUT2D eigenvalue weighted by molar-refractivity contribution is 6.33. The minimum Gasteiger partial charge on any atom is -0.489 e. The van der Waals surface area contributed by atoms with Crippen LogP contribution in [0, 0.1) is 6.92 Å². The summed E-state index contributed by atoms with van der Waals surface area (Å²) in [5.41, 5.74) is 8.25. The van der Waals surface area contributed by atoms with E-state index in [0.29, 0.717) is 17.3 Å². The van der Waals surface area contributed by atoms with Crippen LogP contribution >= 0.6 is 11.6 Å². The molecule has 1 heterocycles. The Balaban J connectivity index is 1.75. The minimum absolute atomic E-state index is 0.270. The number of hydrogen-bond donors (Lipinski definition) is 1. The molecule has 0 aliphatic carbocycles. The third-order valence-corrected chi connectivity index (χ3v) is 3.45. The van der Waals surface area contributed by atoms with Crippen molar-refractivity contribution in [1.82, 2.24) is 0 Å². The van der Waals surface area contributed by atoms with Crippen LogP contribution in [0.15, 0.2) is 30.3 Å². The molecular weight excluding hydrogens is 278 g/mol. The van der Waals surface area contributed by atoms with E-state index in [0.717, 1.165) is 28.4 Å². The Morgan fingerprint density at radius 2 is 2.00 bits per heavy atom. The fraction of sp³-hybridized carbons (Fsp3) is 0.200. The number of ether oxygens (including phenoxy) is 3. The summed E-state index contributed by atoms with van der Waals surface area (Å²) in [6.45, 7) is 2.63. The standard InChI is InChI=1S/C15H14ClNO3/c1-9-4-12(17)11(16)6-14(9)18-7-10-2-3-13-15(5-10)20-8-19-13/h2-6H,7-8,17H2,1H3. The van der Waals surface area contributed by atoms with Crippen molar-refractivity contribution in [1.29, 1.82) is 0 Å². The van der Waals surface area contributed by atoms with E-state index in [2.05, 4.69) is 0 Å². The molecule has 2 aromatic rings. The number of nitrogens with two attached hydrogens (primary N) is 1. The van der Waals surface area contributed by atoms with Gasteiger partial charge in [0.25, 0.3) is 0 Å². The van der Waals surface area contributed by atoms with Gasteiger partial charge >= 0.3 is 0 Å². The predicted molar refractivity (Wildman–Crippen MR) is 77.5 cm³/mol. The molecule has 1 aliphatic rings. The van der Waals surface area contributed by atoms with E-state index in [1.54, 1.807) is 12.1 Å². The first-order chi connectivity index (χ1) is 9.63. The Hall–Kier alpha value is -2.07. The van der Waals surface area contributed by atoms with Crippen LogP contribution in [0.2, 0.25) is 5.02 Å². The smallest absolute Gasteiger partial charge is 0.231 e. The van der Waals surface area contributed by atoms with Crippen LogP contribution < -0.4 is 19.9 Å². The lowest BCUT2D eigenvalue weighted by molar-refractivity contribution is 0.174. The Labute approximate surface area is 122 Å². The normalized spacial score (nSPS) is 12.5. The molecule has 0 unspecified atom stereocenters. The van der Waals surface area contributed by atoms with Crippen LogP contribution in [0.1, 0.15) is 11.1 Å². The lowest BCUT2D eigenvalue weighted by Crippen LogP contribution is -1.98. The summed E-state index contributed by atoms with van der Waals surface area (Å²) >= 11 is 6.00. The number of anilines is 1. The first kappa shape index (κ1) is 12.9. The van der Waals surface area contributed by atoms with E-state index < -0.39 is 0 Å². The van der Waals surface area contributed by atoms with Crippen molar-refractivity contribution in [3.63, 3.8) is 0 Å². The molecule has 4 nitrogen and oxygen atoms in total. The first-order valence-corrected chi connectivity index (χ1v) is 6.58. The van der Waals surface area contributed by atoms with Gasteiger partial charge in [-0.05, 0) is 36.2 Å². The number of hydrogen-bond acceptors (Lipinski definition) is 4. The maximum Gasteiger partial charge on any atom is 0.231 e. The van der Waals surface area contributed by atoms with Crippen molar-refractivity contribution in [2.24, 2.45) is 0 Å². The van der Waals surface area contributed by atoms with Gasteiger partial charge in [-0.2, -0.15) is 0 Å². The molecule has 0 radical (unpaired) electrons. The lowest BCUT2D eigenvalue weighted by atomic mass is 10.2. The Kier molecular flexibility index (Phi) is 3.32. The predicted octanol–water partition coefficient (Wildman–Crippen LogP) is 3.54. The summed E-state index contributed by atoms with van der Waals surface area (Å²) < 4.78 is 16.4. The van der Waals surface area contributed by atoms with Crippen molar-refractivity contribution >= 4 is 17.3 Å². The molecule has 0 atom stereocenters. The van der Waals surface area contributed by atoms with Crippen molar-refractivity contribution in [2.75, 3.05) is 12.5 Å². The average Bonchev–Trinajstić information content (AvgIpc) is 2.89. The highest BCUT2D eigenvalue weighted by Crippen LogP contribution is 2.33. The van der Waals surface area contributed by atoms with E-state index in [1.165, 1.54) is 0 Å². The highest BCUT2D eigenvalue weighted by atomic mass is 35.5. The van der Waals surface area contributed by atoms with E-state index in [1.807, 2.05) is 25.1 Å². The minimum atomic E-state index is 0.270. The van der Waals surface area contributed by atoms with Crippen LogP contribution in [-0.4, -0.2) is 6.79 Å². The van der Waals surface area contributed by atoms with Gasteiger partial charge in [0.05, 0.1) is 10.7 Å². The Morgan fingerprint density at radius 1 is 1.20 bits per heavy atom. The molecular formula is C15H14ClNO3. The van der Waals surface area contributed by atoms with E-state index in [-0.39, 0.29) is 6.79 Å². The largest absolute Gasteiger partial charge is 0.489 e.